The number of benzene rings is 2. The Balaban J connectivity index is 1.75. The number of carbonyl (C=O) groups excluding carboxylic acids is 3. The number of hydrogen-bond acceptors (Lipinski definition) is 9. The van der Waals surface area contributed by atoms with E-state index in [0.717, 1.165) is 11.1 Å². The number of fused-ring (bicyclic) bond motifs is 4. The van der Waals surface area contributed by atoms with Crippen LogP contribution in [-0.2, 0) is 16.0 Å². The zero-order valence-electron chi connectivity index (χ0n) is 20.9. The van der Waals surface area contributed by atoms with Crippen LogP contribution in [0.4, 0.5) is 5.69 Å². The number of phenols is 1. The van der Waals surface area contributed by atoms with Gasteiger partial charge in [-0.25, -0.2) is 0 Å². The zero-order chi connectivity index (χ0) is 27.1. The van der Waals surface area contributed by atoms with Gasteiger partial charge in [-0.2, -0.15) is 0 Å². The van der Waals surface area contributed by atoms with Gasteiger partial charge in [-0.1, -0.05) is 12.1 Å². The molecule has 0 saturated carbocycles. The van der Waals surface area contributed by atoms with Gasteiger partial charge >= 0.3 is 0 Å². The molecule has 0 heterocycles. The molecule has 0 fully saturated rings. The fourth-order valence-corrected chi connectivity index (χ4v) is 6.42. The predicted molar refractivity (Wildman–Crippen MR) is 136 cm³/mol. The Morgan fingerprint density at radius 2 is 1.76 bits per heavy atom. The molecule has 5 rings (SSSR count). The molecule has 2 aromatic rings. The van der Waals surface area contributed by atoms with Crippen molar-refractivity contribution in [2.75, 3.05) is 33.1 Å². The van der Waals surface area contributed by atoms with E-state index in [1.54, 1.807) is 26.2 Å². The Morgan fingerprint density at radius 1 is 1.08 bits per heavy atom. The van der Waals surface area contributed by atoms with E-state index in [2.05, 4.69) is 0 Å². The summed E-state index contributed by atoms with van der Waals surface area (Å²) >= 11 is 0. The summed E-state index contributed by atoms with van der Waals surface area (Å²) in [4.78, 5) is 42.6. The first-order chi connectivity index (χ1) is 17.3. The Bertz CT molecular complexity index is 1470. The van der Waals surface area contributed by atoms with E-state index in [4.69, 9.17) is 5.73 Å². The third kappa shape index (κ3) is 3.15. The van der Waals surface area contributed by atoms with Crippen molar-refractivity contribution >= 4 is 33.9 Å². The van der Waals surface area contributed by atoms with Crippen LogP contribution < -0.4 is 10.6 Å². The average Bonchev–Trinajstić information content (AvgIpc) is 2.80. The standard InChI is InChI=1S/C27H29N3O7/c1-29(2)16-7-5-6-13-14(16)9-11-8-12-10-15-20(30(3)4)23(33)19(26(28)36)25(35)27(15,37)24(34)18(12)22(32)17(11)21(13)31/h5-7,9,12,15,20,31,33-34,37H,8,10H2,1-4H3,(H2,28,36)/t12-,15-,20-,27-/m0/s1. The zero-order valence-corrected chi connectivity index (χ0v) is 20.9. The Morgan fingerprint density at radius 3 is 2.35 bits per heavy atom. The molecule has 194 valence electrons. The van der Waals surface area contributed by atoms with E-state index in [1.807, 2.05) is 31.1 Å². The minimum absolute atomic E-state index is 0.00388. The lowest BCUT2D eigenvalue weighted by molar-refractivity contribution is -0.148. The summed E-state index contributed by atoms with van der Waals surface area (Å²) in [6, 6.07) is 6.18. The number of aliphatic hydroxyl groups excluding tert-OH is 2. The highest BCUT2D eigenvalue weighted by Gasteiger charge is 2.63. The summed E-state index contributed by atoms with van der Waals surface area (Å²) in [6.07, 6.45) is 0.305. The number of hydrogen-bond donors (Lipinski definition) is 5. The van der Waals surface area contributed by atoms with Gasteiger partial charge in [0.15, 0.2) is 11.4 Å². The van der Waals surface area contributed by atoms with Gasteiger partial charge in [0.1, 0.15) is 22.8 Å². The summed E-state index contributed by atoms with van der Waals surface area (Å²) in [6.45, 7) is 0. The lowest BCUT2D eigenvalue weighted by atomic mass is 9.58. The molecule has 1 amide bonds. The molecule has 0 aliphatic heterocycles. The molecule has 3 aliphatic rings. The summed E-state index contributed by atoms with van der Waals surface area (Å²) in [5.41, 5.74) is 3.16. The number of primary amides is 1. The molecule has 0 bridgehead atoms. The van der Waals surface area contributed by atoms with Crippen LogP contribution in [0.25, 0.3) is 10.8 Å². The number of amides is 1. The Labute approximate surface area is 212 Å². The summed E-state index contributed by atoms with van der Waals surface area (Å²) < 4.78 is 0. The summed E-state index contributed by atoms with van der Waals surface area (Å²) in [5.74, 6) is -6.54. The first-order valence-corrected chi connectivity index (χ1v) is 11.9. The molecule has 2 aromatic carbocycles. The number of allylic oxidation sites excluding steroid dienone is 1. The number of ketones is 2. The number of nitrogens with zero attached hydrogens (tertiary/aromatic N) is 2. The SMILES string of the molecule is CN(C)c1cccc2c(O)c3c(cc12)C[C@H]1C[C@H]2[C@H](N(C)C)C(O)=C(C(N)=O)C(=O)[C@@]2(O)C(O)=C1C3=O. The van der Waals surface area contributed by atoms with Gasteiger partial charge in [0.05, 0.1) is 11.6 Å². The number of aromatic hydroxyl groups is 1. The monoisotopic (exact) mass is 507 g/mol. The second-order valence-electron chi connectivity index (χ2n) is 10.5. The highest BCUT2D eigenvalue weighted by molar-refractivity contribution is 6.25. The highest BCUT2D eigenvalue weighted by Crippen LogP contribution is 2.53. The van der Waals surface area contributed by atoms with Crippen molar-refractivity contribution in [3.05, 3.63) is 58.1 Å². The molecule has 0 unspecified atom stereocenters. The minimum Gasteiger partial charge on any atom is -0.510 e. The summed E-state index contributed by atoms with van der Waals surface area (Å²) in [7, 11) is 6.94. The lowest BCUT2D eigenvalue weighted by Crippen LogP contribution is -2.63. The molecule has 0 saturated heterocycles. The number of likely N-dealkylation sites (N-methyl/N-ethyl adjacent to an activating group) is 1. The van der Waals surface area contributed by atoms with Gasteiger partial charge in [0.2, 0.25) is 5.78 Å². The van der Waals surface area contributed by atoms with E-state index < -0.39 is 58.0 Å². The third-order valence-corrected chi connectivity index (χ3v) is 8.03. The molecule has 0 aromatic heterocycles. The van der Waals surface area contributed by atoms with Crippen LogP contribution in [0, 0.1) is 11.8 Å². The second kappa shape index (κ2) is 8.06. The first kappa shape index (κ1) is 24.8. The van der Waals surface area contributed by atoms with Crippen molar-refractivity contribution in [2.45, 2.75) is 24.5 Å². The first-order valence-electron chi connectivity index (χ1n) is 11.9. The van der Waals surface area contributed by atoms with Gasteiger partial charge in [0, 0.05) is 42.0 Å². The number of nitrogens with two attached hydrogens (primary N) is 1. The van der Waals surface area contributed by atoms with Gasteiger partial charge < -0.3 is 31.1 Å². The number of aliphatic hydroxyl groups is 3. The molecule has 3 aliphatic carbocycles. The molecule has 37 heavy (non-hydrogen) atoms. The lowest BCUT2D eigenvalue weighted by Gasteiger charge is -2.50. The fourth-order valence-electron chi connectivity index (χ4n) is 6.42. The van der Waals surface area contributed by atoms with Crippen LogP contribution in [0.2, 0.25) is 0 Å². The molecular formula is C27H29N3O7. The maximum atomic E-state index is 13.8. The number of phenolic OH excluding ortho intramolecular Hbond substituents is 1. The topological polar surface area (TPSA) is 165 Å². The molecule has 0 spiro atoms. The van der Waals surface area contributed by atoms with Crippen LogP contribution in [0.15, 0.2) is 46.9 Å². The molecule has 10 heteroatoms. The van der Waals surface area contributed by atoms with E-state index in [0.29, 0.717) is 10.9 Å². The van der Waals surface area contributed by atoms with Gasteiger partial charge in [0.25, 0.3) is 5.91 Å². The van der Waals surface area contributed by atoms with Crippen LogP contribution >= 0.6 is 0 Å². The number of carbonyl (C=O) groups is 3. The van der Waals surface area contributed by atoms with Crippen molar-refractivity contribution in [3.8, 4) is 5.75 Å². The number of anilines is 1. The maximum absolute atomic E-state index is 13.8. The van der Waals surface area contributed by atoms with Crippen LogP contribution in [0.5, 0.6) is 5.75 Å². The smallest absolute Gasteiger partial charge is 0.255 e. The Kier molecular flexibility index (Phi) is 5.40. The van der Waals surface area contributed by atoms with Gasteiger partial charge in [-0.3, -0.25) is 19.3 Å². The molecule has 0 radical (unpaired) electrons. The summed E-state index contributed by atoms with van der Waals surface area (Å²) in [5, 5.41) is 46.2. The van der Waals surface area contributed by atoms with E-state index in [-0.39, 0.29) is 29.7 Å². The number of Topliss-reactive ketones (excluding diaryl/α,β-unsaturated/α-hetero) is 2. The second-order valence-corrected chi connectivity index (χ2v) is 10.5. The number of rotatable bonds is 3. The molecule has 10 nitrogen and oxygen atoms in total. The van der Waals surface area contributed by atoms with Crippen molar-refractivity contribution in [1.29, 1.82) is 0 Å². The fraction of sp³-hybridized carbons (Fsp3) is 0.370. The largest absolute Gasteiger partial charge is 0.510 e. The molecule has 4 atom stereocenters. The molecule has 6 N–H and O–H groups in total. The van der Waals surface area contributed by atoms with E-state index in [1.165, 1.54) is 4.90 Å². The average molecular weight is 508 g/mol. The van der Waals surface area contributed by atoms with E-state index in [9.17, 15) is 34.8 Å². The Hall–Kier alpha value is -3.89. The van der Waals surface area contributed by atoms with Crippen molar-refractivity contribution < 1.29 is 34.8 Å². The quantitative estimate of drug-likeness (QED) is 0.386. The maximum Gasteiger partial charge on any atom is 0.255 e. The molecular weight excluding hydrogens is 478 g/mol. The highest BCUT2D eigenvalue weighted by atomic mass is 16.3. The van der Waals surface area contributed by atoms with Crippen molar-refractivity contribution in [3.63, 3.8) is 0 Å². The van der Waals surface area contributed by atoms with Crippen LogP contribution in [0.1, 0.15) is 22.3 Å². The van der Waals surface area contributed by atoms with Crippen molar-refractivity contribution in [2.24, 2.45) is 17.6 Å². The van der Waals surface area contributed by atoms with Gasteiger partial charge in [-0.15, -0.1) is 0 Å². The van der Waals surface area contributed by atoms with Crippen LogP contribution in [0.3, 0.4) is 0 Å². The van der Waals surface area contributed by atoms with Crippen LogP contribution in [-0.4, -0.2) is 82.6 Å². The normalized spacial score (nSPS) is 27.4. The third-order valence-electron chi connectivity index (χ3n) is 8.03. The minimum atomic E-state index is -2.64. The van der Waals surface area contributed by atoms with E-state index >= 15 is 0 Å². The van der Waals surface area contributed by atoms with Crippen molar-refractivity contribution in [1.82, 2.24) is 4.90 Å². The predicted octanol–water partition coefficient (Wildman–Crippen LogP) is 1.34. The van der Waals surface area contributed by atoms with Gasteiger partial charge in [-0.05, 0) is 50.6 Å².